The zero-order valence-corrected chi connectivity index (χ0v) is 13.1. The highest BCUT2D eigenvalue weighted by Crippen LogP contribution is 2.33. The van der Waals surface area contributed by atoms with E-state index in [1.807, 2.05) is 18.2 Å². The normalized spacial score (nSPS) is 17.1. The summed E-state index contributed by atoms with van der Waals surface area (Å²) in [7, 11) is 0. The number of hydrogen-bond acceptors (Lipinski definition) is 2. The van der Waals surface area contributed by atoms with Gasteiger partial charge in [0.15, 0.2) is 0 Å². The van der Waals surface area contributed by atoms with Crippen LogP contribution >= 0.6 is 43.2 Å². The maximum atomic E-state index is 4.50. The minimum atomic E-state index is 0.858. The highest BCUT2D eigenvalue weighted by atomic mass is 79.9. The van der Waals surface area contributed by atoms with Crippen LogP contribution < -0.4 is 0 Å². The van der Waals surface area contributed by atoms with E-state index in [0.29, 0.717) is 0 Å². The molecule has 1 aliphatic rings. The van der Waals surface area contributed by atoms with E-state index in [-0.39, 0.29) is 0 Å². The molecule has 0 aromatic carbocycles. The zero-order valence-electron chi connectivity index (χ0n) is 9.15. The van der Waals surface area contributed by atoms with Gasteiger partial charge in [-0.1, -0.05) is 6.07 Å². The van der Waals surface area contributed by atoms with E-state index in [9.17, 15) is 0 Å². The van der Waals surface area contributed by atoms with Crippen LogP contribution in [0.25, 0.3) is 5.57 Å². The molecule has 0 unspecified atom stereocenters. The average Bonchev–Trinajstić information content (AvgIpc) is 3.04. The Hall–Kier alpha value is -0.910. The van der Waals surface area contributed by atoms with Gasteiger partial charge in [0.2, 0.25) is 0 Å². The van der Waals surface area contributed by atoms with E-state index in [1.165, 1.54) is 4.88 Å². The fraction of sp³-hybridized carbons (Fsp3) is 0. The van der Waals surface area contributed by atoms with E-state index in [4.69, 9.17) is 0 Å². The first-order valence-electron chi connectivity index (χ1n) is 5.29. The molecule has 0 saturated heterocycles. The molecule has 0 aliphatic carbocycles. The standard InChI is InChI=1S/C13H8Br2N2S/c14-11-5-3-8(16-11)13(10-2-1-7-18-10)9-4-6-12(15)17-9/h1-7,16H/b13-9+. The molecule has 5 heteroatoms. The zero-order chi connectivity index (χ0) is 12.5. The summed E-state index contributed by atoms with van der Waals surface area (Å²) in [5.41, 5.74) is 3.16. The average molecular weight is 384 g/mol. The smallest absolute Gasteiger partial charge is 0.106 e. The molecule has 1 N–H and O–H groups in total. The van der Waals surface area contributed by atoms with Crippen LogP contribution in [0.3, 0.4) is 0 Å². The van der Waals surface area contributed by atoms with Crippen LogP contribution in [0.1, 0.15) is 10.6 Å². The minimum absolute atomic E-state index is 0.858. The van der Waals surface area contributed by atoms with Crippen molar-refractivity contribution in [1.82, 2.24) is 4.98 Å². The van der Waals surface area contributed by atoms with E-state index in [0.717, 1.165) is 26.2 Å². The number of aromatic amines is 1. The number of nitrogens with one attached hydrogen (secondary N) is 1. The van der Waals surface area contributed by atoms with Gasteiger partial charge in [0, 0.05) is 16.1 Å². The molecule has 18 heavy (non-hydrogen) atoms. The lowest BCUT2D eigenvalue weighted by molar-refractivity contribution is 1.29. The Kier molecular flexibility index (Phi) is 3.37. The van der Waals surface area contributed by atoms with E-state index in [1.54, 1.807) is 11.3 Å². The molecule has 1 aliphatic heterocycles. The fourth-order valence-corrected chi connectivity index (χ4v) is 3.27. The maximum Gasteiger partial charge on any atom is 0.106 e. The molecule has 0 spiro atoms. The lowest BCUT2D eigenvalue weighted by atomic mass is 10.1. The summed E-state index contributed by atoms with van der Waals surface area (Å²) in [4.78, 5) is 9.01. The van der Waals surface area contributed by atoms with E-state index < -0.39 is 0 Å². The molecule has 0 radical (unpaired) electrons. The number of rotatable bonds is 2. The molecule has 0 amide bonds. The molecule has 2 aromatic rings. The number of thiophene rings is 1. The quantitative estimate of drug-likeness (QED) is 0.758. The summed E-state index contributed by atoms with van der Waals surface area (Å²) >= 11 is 8.56. The first-order chi connectivity index (χ1) is 8.74. The number of nitrogens with zero attached hydrogens (tertiary/aromatic N) is 1. The Balaban J connectivity index is 2.20. The van der Waals surface area contributed by atoms with Gasteiger partial charge in [-0.25, -0.2) is 4.99 Å². The molecule has 0 atom stereocenters. The number of aliphatic imine (C=N–C) groups is 1. The molecular formula is C13H8Br2N2S. The van der Waals surface area contributed by atoms with E-state index >= 15 is 0 Å². The van der Waals surface area contributed by atoms with Crippen molar-refractivity contribution in [1.29, 1.82) is 0 Å². The third kappa shape index (κ3) is 2.30. The van der Waals surface area contributed by atoms with Crippen molar-refractivity contribution in [2.24, 2.45) is 4.99 Å². The SMILES string of the molecule is BrC1=N/C(=C(\c2ccc(Br)[nH]2)c2cccs2)C=C1. The topological polar surface area (TPSA) is 28.1 Å². The summed E-state index contributed by atoms with van der Waals surface area (Å²) in [5.74, 6) is 0. The summed E-state index contributed by atoms with van der Waals surface area (Å²) in [6.07, 6.45) is 3.98. The van der Waals surface area contributed by atoms with Crippen LogP contribution in [0, 0.1) is 0 Å². The van der Waals surface area contributed by atoms with Crippen molar-refractivity contribution in [3.63, 3.8) is 0 Å². The second kappa shape index (κ2) is 4.99. The van der Waals surface area contributed by atoms with E-state index in [2.05, 4.69) is 65.4 Å². The molecule has 2 aromatic heterocycles. The molecule has 3 heterocycles. The second-order valence-electron chi connectivity index (χ2n) is 3.73. The van der Waals surface area contributed by atoms with Gasteiger partial charge in [0.1, 0.15) is 4.62 Å². The predicted molar refractivity (Wildman–Crippen MR) is 84.3 cm³/mol. The first-order valence-corrected chi connectivity index (χ1v) is 7.76. The molecule has 0 fully saturated rings. The Morgan fingerprint density at radius 1 is 1.17 bits per heavy atom. The van der Waals surface area contributed by atoms with Crippen molar-refractivity contribution >= 4 is 53.4 Å². The van der Waals surface area contributed by atoms with Gasteiger partial charge in [0.05, 0.1) is 10.3 Å². The molecule has 2 nitrogen and oxygen atoms in total. The lowest BCUT2D eigenvalue weighted by Crippen LogP contribution is -1.88. The summed E-state index contributed by atoms with van der Waals surface area (Å²) in [6.45, 7) is 0. The van der Waals surface area contributed by atoms with Crippen molar-refractivity contribution in [2.45, 2.75) is 0 Å². The van der Waals surface area contributed by atoms with Crippen LogP contribution in [0.2, 0.25) is 0 Å². The van der Waals surface area contributed by atoms with Gasteiger partial charge in [-0.2, -0.15) is 0 Å². The molecule has 0 bridgehead atoms. The first kappa shape index (κ1) is 12.1. The summed E-state index contributed by atoms with van der Waals surface area (Å²) < 4.78 is 1.83. The second-order valence-corrected chi connectivity index (χ2v) is 6.34. The number of halogens is 2. The van der Waals surface area contributed by atoms with Gasteiger partial charge in [-0.3, -0.25) is 0 Å². The fourth-order valence-electron chi connectivity index (χ4n) is 1.81. The Morgan fingerprint density at radius 2 is 2.06 bits per heavy atom. The van der Waals surface area contributed by atoms with Crippen molar-refractivity contribution in [3.05, 3.63) is 62.7 Å². The number of hydrogen-bond donors (Lipinski definition) is 1. The van der Waals surface area contributed by atoms with Crippen LogP contribution in [-0.4, -0.2) is 9.60 Å². The number of allylic oxidation sites excluding steroid dienone is 2. The van der Waals surface area contributed by atoms with Crippen LogP contribution in [0.15, 0.2) is 57.1 Å². The maximum absolute atomic E-state index is 4.50. The Morgan fingerprint density at radius 3 is 2.61 bits per heavy atom. The third-order valence-corrected chi connectivity index (χ3v) is 4.34. The monoisotopic (exact) mass is 382 g/mol. The van der Waals surface area contributed by atoms with Crippen molar-refractivity contribution in [2.75, 3.05) is 0 Å². The third-order valence-electron chi connectivity index (χ3n) is 2.55. The van der Waals surface area contributed by atoms with Crippen LogP contribution in [0.5, 0.6) is 0 Å². The molecule has 90 valence electrons. The number of aromatic nitrogens is 1. The molecule has 3 rings (SSSR count). The van der Waals surface area contributed by atoms with Crippen molar-refractivity contribution < 1.29 is 0 Å². The molecular weight excluding hydrogens is 376 g/mol. The van der Waals surface area contributed by atoms with Gasteiger partial charge >= 0.3 is 0 Å². The van der Waals surface area contributed by atoms with Gasteiger partial charge in [0.25, 0.3) is 0 Å². The summed E-state index contributed by atoms with van der Waals surface area (Å²) in [6, 6.07) is 8.22. The Bertz CT molecular complexity index is 663. The van der Waals surface area contributed by atoms with Crippen molar-refractivity contribution in [3.8, 4) is 0 Å². The van der Waals surface area contributed by atoms with Gasteiger partial charge < -0.3 is 4.98 Å². The lowest BCUT2D eigenvalue weighted by Gasteiger charge is -2.05. The number of H-pyrrole nitrogens is 1. The highest BCUT2D eigenvalue weighted by Gasteiger charge is 2.15. The highest BCUT2D eigenvalue weighted by molar-refractivity contribution is 9.18. The summed E-state index contributed by atoms with van der Waals surface area (Å²) in [5, 5.41) is 2.07. The van der Waals surface area contributed by atoms with Gasteiger partial charge in [-0.05, 0) is 67.6 Å². The minimum Gasteiger partial charge on any atom is -0.349 e. The predicted octanol–water partition coefficient (Wildman–Crippen LogP) is 4.96. The van der Waals surface area contributed by atoms with Gasteiger partial charge in [-0.15, -0.1) is 11.3 Å². The largest absolute Gasteiger partial charge is 0.349 e. The molecule has 0 saturated carbocycles. The van der Waals surface area contributed by atoms with Crippen LogP contribution in [-0.2, 0) is 0 Å². The Labute approximate surface area is 125 Å². The van der Waals surface area contributed by atoms with Crippen LogP contribution in [0.4, 0.5) is 0 Å².